The molecule has 1 atom stereocenters. The second kappa shape index (κ2) is 6.71. The molecule has 19 heavy (non-hydrogen) atoms. The fourth-order valence-electron chi connectivity index (χ4n) is 3.06. The Balaban J connectivity index is 2.79. The molecular weight excluding hydrogens is 242 g/mol. The molecule has 1 aliphatic heterocycles. The minimum Gasteiger partial charge on any atom is -0.466 e. The molecule has 0 bridgehead atoms. The quantitative estimate of drug-likeness (QED) is 0.667. The molecule has 0 aromatic heterocycles. The van der Waals surface area contributed by atoms with Crippen LogP contribution in [-0.4, -0.2) is 48.8 Å². The maximum absolute atomic E-state index is 11.9. The van der Waals surface area contributed by atoms with Gasteiger partial charge in [0, 0.05) is 12.6 Å². The van der Waals surface area contributed by atoms with Crippen molar-refractivity contribution in [2.24, 2.45) is 0 Å². The molecule has 1 fully saturated rings. The van der Waals surface area contributed by atoms with E-state index in [2.05, 4.69) is 25.7 Å². The molecular formula is C15H29NO3. The summed E-state index contributed by atoms with van der Waals surface area (Å²) in [5.41, 5.74) is -0.411. The van der Waals surface area contributed by atoms with Gasteiger partial charge in [-0.05, 0) is 60.0 Å². The predicted molar refractivity (Wildman–Crippen MR) is 76.2 cm³/mol. The Morgan fingerprint density at radius 1 is 1.21 bits per heavy atom. The molecule has 0 N–H and O–H groups in total. The van der Waals surface area contributed by atoms with E-state index < -0.39 is 0 Å². The molecule has 1 heterocycles. The summed E-state index contributed by atoms with van der Waals surface area (Å²) in [6.45, 7) is 10.7. The summed E-state index contributed by atoms with van der Waals surface area (Å²) in [4.78, 5) is 14.3. The van der Waals surface area contributed by atoms with Crippen LogP contribution in [0.1, 0.15) is 53.4 Å². The molecule has 0 saturated carbocycles. The minimum atomic E-state index is -0.232. The molecule has 0 spiro atoms. The highest BCUT2D eigenvalue weighted by Crippen LogP contribution is 2.34. The van der Waals surface area contributed by atoms with Gasteiger partial charge in [-0.3, -0.25) is 9.69 Å². The molecule has 4 heteroatoms. The number of ether oxygens (including phenoxy) is 2. The normalized spacial score (nSPS) is 20.3. The number of likely N-dealkylation sites (tertiary alicyclic amines) is 1. The van der Waals surface area contributed by atoms with Crippen LogP contribution in [-0.2, 0) is 14.3 Å². The van der Waals surface area contributed by atoms with E-state index in [1.54, 1.807) is 7.11 Å². The molecule has 0 aromatic carbocycles. The van der Waals surface area contributed by atoms with Crippen LogP contribution >= 0.6 is 0 Å². The summed E-state index contributed by atoms with van der Waals surface area (Å²) in [7, 11) is 1.73. The van der Waals surface area contributed by atoms with Gasteiger partial charge >= 0.3 is 5.97 Å². The van der Waals surface area contributed by atoms with E-state index in [9.17, 15) is 4.79 Å². The fraction of sp³-hybridized carbons (Fsp3) is 0.933. The average molecular weight is 271 g/mol. The number of methoxy groups -OCH3 is 1. The first-order valence-corrected chi connectivity index (χ1v) is 7.29. The second-order valence-corrected chi connectivity index (χ2v) is 6.31. The van der Waals surface area contributed by atoms with E-state index in [1.165, 1.54) is 12.8 Å². The van der Waals surface area contributed by atoms with E-state index in [0.717, 1.165) is 19.5 Å². The van der Waals surface area contributed by atoms with Crippen LogP contribution in [0, 0.1) is 0 Å². The SMILES string of the molecule is CCOC(=O)CC(C)(CC(C)(C)OC)N1CCCC1. The van der Waals surface area contributed by atoms with Crippen LogP contribution in [0.3, 0.4) is 0 Å². The van der Waals surface area contributed by atoms with Crippen LogP contribution in [0.15, 0.2) is 0 Å². The standard InChI is InChI=1S/C15H29NO3/c1-6-19-13(17)11-15(4,12-14(2,3)18-5)16-9-7-8-10-16/h6-12H2,1-5H3. The van der Waals surface area contributed by atoms with Crippen molar-refractivity contribution >= 4 is 5.97 Å². The Bertz CT molecular complexity index is 298. The number of hydrogen-bond donors (Lipinski definition) is 0. The van der Waals surface area contributed by atoms with E-state index in [0.29, 0.717) is 13.0 Å². The molecule has 0 aromatic rings. The molecule has 112 valence electrons. The number of carbonyl (C=O) groups is 1. The predicted octanol–water partition coefficient (Wildman–Crippen LogP) is 2.61. The van der Waals surface area contributed by atoms with E-state index >= 15 is 0 Å². The average Bonchev–Trinajstić information content (AvgIpc) is 2.82. The lowest BCUT2D eigenvalue weighted by atomic mass is 9.83. The minimum absolute atomic E-state index is 0.108. The van der Waals surface area contributed by atoms with Gasteiger partial charge < -0.3 is 9.47 Å². The van der Waals surface area contributed by atoms with Crippen molar-refractivity contribution in [3.8, 4) is 0 Å². The maximum Gasteiger partial charge on any atom is 0.307 e. The highest BCUT2D eigenvalue weighted by atomic mass is 16.5. The topological polar surface area (TPSA) is 38.8 Å². The maximum atomic E-state index is 11.9. The summed E-state index contributed by atoms with van der Waals surface area (Å²) in [6.07, 6.45) is 3.70. The third-order valence-corrected chi connectivity index (χ3v) is 4.06. The third kappa shape index (κ3) is 4.77. The van der Waals surface area contributed by atoms with Crippen molar-refractivity contribution < 1.29 is 14.3 Å². The van der Waals surface area contributed by atoms with Crippen molar-refractivity contribution in [1.82, 2.24) is 4.90 Å². The molecule has 0 radical (unpaired) electrons. The van der Waals surface area contributed by atoms with Gasteiger partial charge in [0.25, 0.3) is 0 Å². The zero-order valence-electron chi connectivity index (χ0n) is 13.1. The summed E-state index contributed by atoms with van der Waals surface area (Å²) >= 11 is 0. The van der Waals surface area contributed by atoms with Gasteiger partial charge in [0.05, 0.1) is 18.6 Å². The van der Waals surface area contributed by atoms with Gasteiger partial charge in [-0.1, -0.05) is 0 Å². The number of carbonyl (C=O) groups excluding carboxylic acids is 1. The Morgan fingerprint density at radius 3 is 2.26 bits per heavy atom. The van der Waals surface area contributed by atoms with Gasteiger partial charge in [0.15, 0.2) is 0 Å². The van der Waals surface area contributed by atoms with Gasteiger partial charge in [0.2, 0.25) is 0 Å². The number of esters is 1. The molecule has 0 aliphatic carbocycles. The first-order chi connectivity index (χ1) is 8.83. The van der Waals surface area contributed by atoms with Crippen LogP contribution in [0.4, 0.5) is 0 Å². The van der Waals surface area contributed by atoms with Crippen molar-refractivity contribution in [3.63, 3.8) is 0 Å². The van der Waals surface area contributed by atoms with Crippen LogP contribution in [0.5, 0.6) is 0 Å². The van der Waals surface area contributed by atoms with Gasteiger partial charge in [-0.25, -0.2) is 0 Å². The summed E-state index contributed by atoms with van der Waals surface area (Å²) in [5.74, 6) is -0.108. The monoisotopic (exact) mass is 271 g/mol. The molecule has 0 amide bonds. The van der Waals surface area contributed by atoms with Crippen LogP contribution < -0.4 is 0 Å². The molecule has 1 aliphatic rings. The van der Waals surface area contributed by atoms with Crippen molar-refractivity contribution in [3.05, 3.63) is 0 Å². The van der Waals surface area contributed by atoms with Crippen LogP contribution in [0.25, 0.3) is 0 Å². The lowest BCUT2D eigenvalue weighted by Gasteiger charge is -2.42. The highest BCUT2D eigenvalue weighted by molar-refractivity contribution is 5.70. The van der Waals surface area contributed by atoms with Crippen LogP contribution in [0.2, 0.25) is 0 Å². The third-order valence-electron chi connectivity index (χ3n) is 4.06. The molecule has 1 unspecified atom stereocenters. The van der Waals surface area contributed by atoms with Gasteiger partial charge in [-0.15, -0.1) is 0 Å². The number of rotatable bonds is 7. The lowest BCUT2D eigenvalue weighted by Crippen LogP contribution is -2.51. The number of nitrogens with zero attached hydrogens (tertiary/aromatic N) is 1. The summed E-state index contributed by atoms with van der Waals surface area (Å²) in [6, 6.07) is 0. The van der Waals surface area contributed by atoms with Crippen molar-refractivity contribution in [2.45, 2.75) is 64.5 Å². The lowest BCUT2D eigenvalue weighted by molar-refractivity contribution is -0.147. The van der Waals surface area contributed by atoms with Crippen molar-refractivity contribution in [1.29, 1.82) is 0 Å². The Hall–Kier alpha value is -0.610. The second-order valence-electron chi connectivity index (χ2n) is 6.31. The summed E-state index contributed by atoms with van der Waals surface area (Å²) in [5, 5.41) is 0. The molecule has 1 rings (SSSR count). The summed E-state index contributed by atoms with van der Waals surface area (Å²) < 4.78 is 10.7. The largest absolute Gasteiger partial charge is 0.466 e. The first-order valence-electron chi connectivity index (χ1n) is 7.29. The van der Waals surface area contributed by atoms with Gasteiger partial charge in [0.1, 0.15) is 0 Å². The van der Waals surface area contributed by atoms with E-state index in [4.69, 9.17) is 9.47 Å². The zero-order chi connectivity index (χ0) is 14.5. The number of hydrogen-bond acceptors (Lipinski definition) is 4. The fourth-order valence-corrected chi connectivity index (χ4v) is 3.06. The Kier molecular flexibility index (Phi) is 5.81. The first kappa shape index (κ1) is 16.4. The smallest absolute Gasteiger partial charge is 0.307 e. The van der Waals surface area contributed by atoms with E-state index in [-0.39, 0.29) is 17.1 Å². The molecule has 1 saturated heterocycles. The molecule has 4 nitrogen and oxygen atoms in total. The highest BCUT2D eigenvalue weighted by Gasteiger charge is 2.40. The van der Waals surface area contributed by atoms with Crippen molar-refractivity contribution in [2.75, 3.05) is 26.8 Å². The Morgan fingerprint density at radius 2 is 1.79 bits per heavy atom. The van der Waals surface area contributed by atoms with Gasteiger partial charge in [-0.2, -0.15) is 0 Å². The Labute approximate surface area is 117 Å². The van der Waals surface area contributed by atoms with E-state index in [1.807, 2.05) is 6.92 Å². The zero-order valence-corrected chi connectivity index (χ0v) is 13.1.